The van der Waals surface area contributed by atoms with Crippen molar-refractivity contribution in [2.45, 2.75) is 12.8 Å². The minimum atomic E-state index is -2.77. The molecule has 2 amide bonds. The van der Waals surface area contributed by atoms with Crippen molar-refractivity contribution in [3.63, 3.8) is 0 Å². The number of carbonyl (C=O) groups is 2. The third-order valence-electron chi connectivity index (χ3n) is 0.919. The van der Waals surface area contributed by atoms with Crippen LogP contribution in [0.4, 0.5) is 0 Å². The summed E-state index contributed by atoms with van der Waals surface area (Å²) in [5.41, 5.74) is 0. The first kappa shape index (κ1) is 15.6. The van der Waals surface area contributed by atoms with E-state index in [0.29, 0.717) is 12.8 Å². The minimum absolute atomic E-state index is 0. The topological polar surface area (TPSA) is 116 Å². The van der Waals surface area contributed by atoms with Crippen LogP contribution in [-0.4, -0.2) is 25.8 Å². The van der Waals surface area contributed by atoms with Crippen LogP contribution >= 0.6 is 0 Å². The van der Waals surface area contributed by atoms with Crippen LogP contribution in [0.2, 0.25) is 0 Å². The van der Waals surface area contributed by atoms with E-state index in [1.54, 1.807) is 0 Å². The van der Waals surface area contributed by atoms with Gasteiger partial charge in [-0.05, 0) is 0 Å². The summed E-state index contributed by atoms with van der Waals surface area (Å²) in [5.74, 6) is -0.296. The van der Waals surface area contributed by atoms with Crippen molar-refractivity contribution in [1.29, 1.82) is 0 Å². The molecule has 70 valence electrons. The van der Waals surface area contributed by atoms with E-state index >= 15 is 0 Å². The molecule has 0 aromatic heterocycles. The SMILES string of the molecule is O=C1CCC(=O)N1.O=S([O-])OO.[Na+]. The molecule has 0 aromatic carbocycles. The van der Waals surface area contributed by atoms with Gasteiger partial charge in [-0.1, -0.05) is 0 Å². The van der Waals surface area contributed by atoms with Gasteiger partial charge in [0.05, 0.1) is 0 Å². The van der Waals surface area contributed by atoms with Crippen molar-refractivity contribution >= 4 is 23.2 Å². The van der Waals surface area contributed by atoms with Crippen molar-refractivity contribution in [3.8, 4) is 0 Å². The summed E-state index contributed by atoms with van der Waals surface area (Å²) in [6, 6.07) is 0. The fourth-order valence-corrected chi connectivity index (χ4v) is 0.508. The Bertz CT molecular complexity index is 195. The first-order chi connectivity index (χ1) is 5.56. The Labute approximate surface area is 98.5 Å². The van der Waals surface area contributed by atoms with E-state index in [9.17, 15) is 9.59 Å². The monoisotopic (exact) mass is 219 g/mol. The van der Waals surface area contributed by atoms with Crippen molar-refractivity contribution in [2.75, 3.05) is 0 Å². The zero-order chi connectivity index (χ0) is 9.56. The van der Waals surface area contributed by atoms with E-state index < -0.39 is 11.4 Å². The van der Waals surface area contributed by atoms with Crippen molar-refractivity contribution in [1.82, 2.24) is 5.32 Å². The van der Waals surface area contributed by atoms with Crippen LogP contribution in [0.15, 0.2) is 0 Å². The Morgan fingerprint density at radius 1 is 1.38 bits per heavy atom. The van der Waals surface area contributed by atoms with Gasteiger partial charge in [-0.25, -0.2) is 9.47 Å². The smallest absolute Gasteiger partial charge is 0.748 e. The fraction of sp³-hybridized carbons (Fsp3) is 0.500. The van der Waals surface area contributed by atoms with E-state index in [4.69, 9.17) is 14.0 Å². The predicted octanol–water partition coefficient (Wildman–Crippen LogP) is -4.30. The second-order valence-electron chi connectivity index (χ2n) is 1.75. The van der Waals surface area contributed by atoms with E-state index in [1.165, 1.54) is 0 Å². The van der Waals surface area contributed by atoms with Gasteiger partial charge in [0, 0.05) is 12.8 Å². The Morgan fingerprint density at radius 3 is 1.77 bits per heavy atom. The standard InChI is InChI=1S/C4H5NO2.Na.H2O4S/c6-3-1-2-4(7)5-3;;1-4-5(2)3/h1-2H2,(H,5,6,7);;1H,(H,2,3)/q;+1;/p-1. The number of carbonyl (C=O) groups excluding carboxylic acids is 2. The van der Waals surface area contributed by atoms with Crippen molar-refractivity contribution < 1.29 is 57.5 Å². The second kappa shape index (κ2) is 8.75. The largest absolute Gasteiger partial charge is 1.00 e. The summed E-state index contributed by atoms with van der Waals surface area (Å²) >= 11 is -2.77. The average Bonchev–Trinajstić information content (AvgIpc) is 2.36. The maximum Gasteiger partial charge on any atom is 1.00 e. The van der Waals surface area contributed by atoms with Gasteiger partial charge in [0.25, 0.3) is 0 Å². The Morgan fingerprint density at radius 2 is 1.69 bits per heavy atom. The van der Waals surface area contributed by atoms with Crippen LogP contribution in [0.3, 0.4) is 0 Å². The average molecular weight is 219 g/mol. The number of amides is 2. The summed E-state index contributed by atoms with van der Waals surface area (Å²) in [6.45, 7) is 0. The molecule has 1 heterocycles. The molecule has 1 aliphatic rings. The Kier molecular flexibility index (Phi) is 10.5. The molecule has 0 saturated carbocycles. The minimum Gasteiger partial charge on any atom is -0.748 e. The van der Waals surface area contributed by atoms with Crippen LogP contribution in [0, 0.1) is 0 Å². The fourth-order valence-electron chi connectivity index (χ4n) is 0.508. The molecule has 0 radical (unpaired) electrons. The molecule has 13 heavy (non-hydrogen) atoms. The van der Waals surface area contributed by atoms with Crippen LogP contribution in [0.25, 0.3) is 0 Å². The van der Waals surface area contributed by atoms with Crippen LogP contribution in [0.1, 0.15) is 12.8 Å². The van der Waals surface area contributed by atoms with E-state index in [0.717, 1.165) is 0 Å². The molecule has 1 fully saturated rings. The number of rotatable bonds is 1. The van der Waals surface area contributed by atoms with Gasteiger partial charge in [0.2, 0.25) is 11.8 Å². The molecule has 0 bridgehead atoms. The van der Waals surface area contributed by atoms with Crippen LogP contribution < -0.4 is 34.9 Å². The molecule has 9 heteroatoms. The Hall–Kier alpha value is 0.170. The van der Waals surface area contributed by atoms with E-state index in [-0.39, 0.29) is 41.4 Å². The molecule has 7 nitrogen and oxygen atoms in total. The van der Waals surface area contributed by atoms with Gasteiger partial charge in [0.1, 0.15) is 11.4 Å². The predicted molar refractivity (Wildman–Crippen MR) is 35.0 cm³/mol. The maximum atomic E-state index is 10.1. The van der Waals surface area contributed by atoms with Crippen LogP contribution in [-0.2, 0) is 25.3 Å². The zero-order valence-electron chi connectivity index (χ0n) is 6.81. The molecule has 0 aliphatic carbocycles. The summed E-state index contributed by atoms with van der Waals surface area (Å²) in [7, 11) is 0. The van der Waals surface area contributed by atoms with Crippen molar-refractivity contribution in [2.24, 2.45) is 0 Å². The quantitative estimate of drug-likeness (QED) is 0.151. The Balaban J connectivity index is 0. The van der Waals surface area contributed by atoms with Gasteiger partial charge in [-0.15, -0.1) is 4.33 Å². The zero-order valence-corrected chi connectivity index (χ0v) is 9.63. The summed E-state index contributed by atoms with van der Waals surface area (Å²) in [6.07, 6.45) is 0.748. The molecule has 1 rings (SSSR count). The van der Waals surface area contributed by atoms with Gasteiger partial charge in [0.15, 0.2) is 0 Å². The molecular formula is C4H6NNaO6S. The maximum absolute atomic E-state index is 10.1. The molecule has 0 aromatic rings. The summed E-state index contributed by atoms with van der Waals surface area (Å²) in [4.78, 5) is 20.2. The third-order valence-corrected chi connectivity index (χ3v) is 1.04. The van der Waals surface area contributed by atoms with Gasteiger partial charge in [-0.3, -0.25) is 14.9 Å². The summed E-state index contributed by atoms with van der Waals surface area (Å²) < 4.78 is 20.5. The van der Waals surface area contributed by atoms with Gasteiger partial charge >= 0.3 is 29.6 Å². The first-order valence-corrected chi connectivity index (χ1v) is 3.80. The molecule has 1 saturated heterocycles. The molecule has 1 atom stereocenters. The second-order valence-corrected chi connectivity index (χ2v) is 2.31. The van der Waals surface area contributed by atoms with E-state index in [1.807, 2.05) is 0 Å². The molecule has 1 aliphatic heterocycles. The number of hydrogen-bond donors (Lipinski definition) is 2. The molecule has 1 unspecified atom stereocenters. The third kappa shape index (κ3) is 10.1. The van der Waals surface area contributed by atoms with Gasteiger partial charge < -0.3 is 4.55 Å². The molecule has 2 N–H and O–H groups in total. The number of nitrogens with one attached hydrogen (secondary N) is 1. The van der Waals surface area contributed by atoms with Gasteiger partial charge in [-0.2, -0.15) is 0 Å². The van der Waals surface area contributed by atoms with Crippen LogP contribution in [0.5, 0.6) is 0 Å². The molecular weight excluding hydrogens is 213 g/mol. The van der Waals surface area contributed by atoms with Crippen molar-refractivity contribution in [3.05, 3.63) is 0 Å². The first-order valence-electron chi connectivity index (χ1n) is 2.80. The number of imide groups is 1. The molecule has 0 spiro atoms. The normalized spacial score (nSPS) is 16.5. The summed E-state index contributed by atoms with van der Waals surface area (Å²) in [5, 5.41) is 9.17. The number of hydrogen-bond acceptors (Lipinski definition) is 6. The van der Waals surface area contributed by atoms with E-state index in [2.05, 4.69) is 9.65 Å².